The Labute approximate surface area is 439 Å². The van der Waals surface area contributed by atoms with Crippen LogP contribution in [0.25, 0.3) is 0 Å². The lowest BCUT2D eigenvalue weighted by molar-refractivity contribution is -0.167. The topological polar surface area (TPSA) is 78.9 Å². The highest BCUT2D eigenvalue weighted by atomic mass is 16.6. The van der Waals surface area contributed by atoms with Crippen LogP contribution in [0.4, 0.5) is 0 Å². The summed E-state index contributed by atoms with van der Waals surface area (Å²) in [5, 5.41) is 0. The fraction of sp³-hybridized carbons (Fsp3) is 0.738. The lowest BCUT2D eigenvalue weighted by Gasteiger charge is -2.18. The summed E-state index contributed by atoms with van der Waals surface area (Å²) in [5.74, 6) is -0.889. The maximum absolute atomic E-state index is 12.8. The molecule has 1 unspecified atom stereocenters. The molecule has 1 atom stereocenters. The average Bonchev–Trinajstić information content (AvgIpc) is 3.37. The molecule has 0 fully saturated rings. The van der Waals surface area contributed by atoms with E-state index in [1.54, 1.807) is 0 Å². The second-order valence-corrected chi connectivity index (χ2v) is 19.9. The Kier molecular flexibility index (Phi) is 56.3. The van der Waals surface area contributed by atoms with Crippen molar-refractivity contribution in [3.63, 3.8) is 0 Å². The summed E-state index contributed by atoms with van der Waals surface area (Å²) in [6.45, 7) is 6.53. The van der Waals surface area contributed by atoms with E-state index < -0.39 is 6.10 Å². The predicted molar refractivity (Wildman–Crippen MR) is 307 cm³/mol. The van der Waals surface area contributed by atoms with E-state index in [1.807, 2.05) is 0 Å². The van der Waals surface area contributed by atoms with Crippen LogP contribution in [0.2, 0.25) is 0 Å². The normalized spacial score (nSPS) is 12.7. The van der Waals surface area contributed by atoms with Crippen LogP contribution in [0.1, 0.15) is 290 Å². The third-order valence-electron chi connectivity index (χ3n) is 12.9. The largest absolute Gasteiger partial charge is 0.462 e. The number of ether oxygens (including phenoxy) is 3. The summed E-state index contributed by atoms with van der Waals surface area (Å²) in [6, 6.07) is 0. The van der Waals surface area contributed by atoms with Crippen LogP contribution < -0.4 is 0 Å². The summed E-state index contributed by atoms with van der Waals surface area (Å²) in [6.07, 6.45) is 77.2. The Morgan fingerprint density at radius 3 is 0.859 bits per heavy atom. The smallest absolute Gasteiger partial charge is 0.306 e. The molecule has 0 bridgehead atoms. The first-order valence-corrected chi connectivity index (χ1v) is 30.1. The minimum absolute atomic E-state index is 0.0788. The van der Waals surface area contributed by atoms with Crippen molar-refractivity contribution in [2.24, 2.45) is 0 Å². The second kappa shape index (κ2) is 59.2. The fourth-order valence-corrected chi connectivity index (χ4v) is 8.42. The molecular weight excluding hydrogens is 877 g/mol. The van der Waals surface area contributed by atoms with E-state index in [0.717, 1.165) is 122 Å². The van der Waals surface area contributed by atoms with Gasteiger partial charge in [0.2, 0.25) is 0 Å². The maximum atomic E-state index is 12.8. The Hall–Kier alpha value is -3.41. The lowest BCUT2D eigenvalue weighted by atomic mass is 10.0. The number of carbonyl (C=O) groups is 3. The number of unbranched alkanes of at least 4 members (excludes halogenated alkanes) is 29. The first kappa shape index (κ1) is 67.6. The highest BCUT2D eigenvalue weighted by Crippen LogP contribution is 2.16. The van der Waals surface area contributed by atoms with Crippen LogP contribution in [-0.4, -0.2) is 37.2 Å². The minimum Gasteiger partial charge on any atom is -0.462 e. The lowest BCUT2D eigenvalue weighted by Crippen LogP contribution is -2.30. The van der Waals surface area contributed by atoms with E-state index in [1.165, 1.54) is 128 Å². The van der Waals surface area contributed by atoms with Crippen LogP contribution in [0.3, 0.4) is 0 Å². The van der Waals surface area contributed by atoms with Gasteiger partial charge in [0.15, 0.2) is 6.10 Å². The van der Waals surface area contributed by atoms with E-state index in [-0.39, 0.29) is 31.1 Å². The van der Waals surface area contributed by atoms with Crippen molar-refractivity contribution in [2.75, 3.05) is 13.2 Å². The van der Waals surface area contributed by atoms with Crippen molar-refractivity contribution >= 4 is 17.9 Å². The van der Waals surface area contributed by atoms with Gasteiger partial charge in [-0.15, -0.1) is 0 Å². The molecular formula is C65H112O6. The molecule has 0 amide bonds. The van der Waals surface area contributed by atoms with E-state index in [4.69, 9.17) is 14.2 Å². The summed E-state index contributed by atoms with van der Waals surface area (Å²) >= 11 is 0. The van der Waals surface area contributed by atoms with Gasteiger partial charge in [-0.1, -0.05) is 279 Å². The molecule has 6 nitrogen and oxygen atoms in total. The number of hydrogen-bond donors (Lipinski definition) is 0. The number of carbonyl (C=O) groups excluding carboxylic acids is 3. The van der Waals surface area contributed by atoms with Gasteiger partial charge in [0.05, 0.1) is 0 Å². The second-order valence-electron chi connectivity index (χ2n) is 19.9. The first-order valence-electron chi connectivity index (χ1n) is 30.1. The van der Waals surface area contributed by atoms with Crippen molar-refractivity contribution in [1.29, 1.82) is 0 Å². The molecule has 0 radical (unpaired) electrons. The molecule has 71 heavy (non-hydrogen) atoms. The van der Waals surface area contributed by atoms with Gasteiger partial charge in [-0.05, 0) is 77.0 Å². The van der Waals surface area contributed by atoms with Crippen LogP contribution in [-0.2, 0) is 28.6 Å². The Bertz CT molecular complexity index is 1370. The molecule has 0 N–H and O–H groups in total. The van der Waals surface area contributed by atoms with Gasteiger partial charge in [-0.2, -0.15) is 0 Å². The Morgan fingerprint density at radius 1 is 0.296 bits per heavy atom. The third kappa shape index (κ3) is 57.4. The van der Waals surface area contributed by atoms with Crippen LogP contribution >= 0.6 is 0 Å². The summed E-state index contributed by atoms with van der Waals surface area (Å²) in [4.78, 5) is 38.1. The quantitative estimate of drug-likeness (QED) is 0.0261. The summed E-state index contributed by atoms with van der Waals surface area (Å²) in [7, 11) is 0. The molecule has 0 heterocycles. The van der Waals surface area contributed by atoms with E-state index >= 15 is 0 Å². The van der Waals surface area contributed by atoms with Crippen molar-refractivity contribution in [1.82, 2.24) is 0 Å². The average molecular weight is 990 g/mol. The summed E-state index contributed by atoms with van der Waals surface area (Å²) in [5.41, 5.74) is 0. The molecule has 408 valence electrons. The number of esters is 3. The Morgan fingerprint density at radius 2 is 0.549 bits per heavy atom. The monoisotopic (exact) mass is 989 g/mol. The number of hydrogen-bond acceptors (Lipinski definition) is 6. The zero-order valence-electron chi connectivity index (χ0n) is 46.7. The maximum Gasteiger partial charge on any atom is 0.306 e. The highest BCUT2D eigenvalue weighted by molar-refractivity contribution is 5.71. The molecule has 0 saturated heterocycles. The Balaban J connectivity index is 4.31. The first-order chi connectivity index (χ1) is 35.0. The van der Waals surface area contributed by atoms with Gasteiger partial charge in [0, 0.05) is 19.3 Å². The van der Waals surface area contributed by atoms with Gasteiger partial charge in [0.1, 0.15) is 13.2 Å². The van der Waals surface area contributed by atoms with Crippen molar-refractivity contribution in [2.45, 2.75) is 297 Å². The third-order valence-corrected chi connectivity index (χ3v) is 12.9. The van der Waals surface area contributed by atoms with Gasteiger partial charge in [-0.3, -0.25) is 14.4 Å². The minimum atomic E-state index is -0.781. The van der Waals surface area contributed by atoms with E-state index in [0.29, 0.717) is 19.3 Å². The van der Waals surface area contributed by atoms with Crippen LogP contribution in [0.15, 0.2) is 85.1 Å². The highest BCUT2D eigenvalue weighted by Gasteiger charge is 2.19. The molecule has 0 aromatic rings. The van der Waals surface area contributed by atoms with Crippen molar-refractivity contribution < 1.29 is 28.6 Å². The number of allylic oxidation sites excluding steroid dienone is 14. The molecule has 0 aromatic heterocycles. The molecule has 0 aliphatic carbocycles. The van der Waals surface area contributed by atoms with E-state index in [9.17, 15) is 14.4 Å². The summed E-state index contributed by atoms with van der Waals surface area (Å²) < 4.78 is 16.9. The SMILES string of the molecule is CC/C=C\C/C=C\C/C=C\C/C=C\C/C=C\C/C=C\C/C=C\CCCCCCCC(=O)OCC(COC(=O)CCCCCCCCCCCCC)OC(=O)CCCCCCCCCCCCCCCCC. The molecule has 0 saturated carbocycles. The molecule has 0 aliphatic rings. The fourth-order valence-electron chi connectivity index (χ4n) is 8.42. The molecule has 0 rings (SSSR count). The number of rotatable bonds is 54. The van der Waals surface area contributed by atoms with Gasteiger partial charge < -0.3 is 14.2 Å². The molecule has 0 aliphatic heterocycles. The van der Waals surface area contributed by atoms with Gasteiger partial charge in [0.25, 0.3) is 0 Å². The molecule has 6 heteroatoms. The van der Waals surface area contributed by atoms with Crippen LogP contribution in [0, 0.1) is 0 Å². The van der Waals surface area contributed by atoms with Crippen molar-refractivity contribution in [3.05, 3.63) is 85.1 Å². The zero-order valence-corrected chi connectivity index (χ0v) is 46.7. The molecule has 0 aromatic carbocycles. The van der Waals surface area contributed by atoms with E-state index in [2.05, 4.69) is 106 Å². The molecule has 0 spiro atoms. The standard InChI is InChI=1S/C65H112O6/c1-4-7-10-13-16-19-22-24-26-27-28-29-30-31-32-33-34-35-36-37-39-40-43-46-49-52-55-58-64(67)70-61-62(60-69-63(66)57-54-51-48-45-42-21-18-15-12-9-6-3)71-65(68)59-56-53-50-47-44-41-38-25-23-20-17-14-11-8-5-2/h7,10,16,19,24,26,28-29,31-32,34-35,37,39,62H,4-6,8-9,11-15,17-18,20-23,25,27,30,33,36,38,40-61H2,1-3H3/b10-7-,19-16-,26-24-,29-28-,32-31-,35-34-,39-37-. The predicted octanol–water partition coefficient (Wildman–Crippen LogP) is 20.3. The van der Waals surface area contributed by atoms with Gasteiger partial charge >= 0.3 is 17.9 Å². The van der Waals surface area contributed by atoms with Gasteiger partial charge in [-0.25, -0.2) is 0 Å². The zero-order chi connectivity index (χ0) is 51.4. The van der Waals surface area contributed by atoms with Crippen molar-refractivity contribution in [3.8, 4) is 0 Å². The van der Waals surface area contributed by atoms with Crippen LogP contribution in [0.5, 0.6) is 0 Å².